The maximum absolute atomic E-state index is 5.26. The van der Waals surface area contributed by atoms with Crippen LogP contribution in [0.15, 0.2) is 72.8 Å². The predicted molar refractivity (Wildman–Crippen MR) is 132 cm³/mol. The van der Waals surface area contributed by atoms with Crippen molar-refractivity contribution in [2.45, 2.75) is 19.3 Å². The summed E-state index contributed by atoms with van der Waals surface area (Å²) in [6, 6.07) is 24.3. The van der Waals surface area contributed by atoms with Gasteiger partial charge in [-0.05, 0) is 79.9 Å². The zero-order chi connectivity index (χ0) is 21.8. The lowest BCUT2D eigenvalue weighted by Gasteiger charge is -2.28. The summed E-state index contributed by atoms with van der Waals surface area (Å²) in [5.41, 5.74) is 4.06. The second-order valence-electron chi connectivity index (χ2n) is 7.99. The molecule has 0 aliphatic carbocycles. The van der Waals surface area contributed by atoms with Crippen molar-refractivity contribution in [3.05, 3.63) is 72.8 Å². The summed E-state index contributed by atoms with van der Waals surface area (Å²) >= 11 is 0. The molecule has 0 bridgehead atoms. The Morgan fingerprint density at radius 3 is 2.19 bits per heavy atom. The van der Waals surface area contributed by atoms with E-state index in [9.17, 15) is 0 Å². The molecule has 0 atom stereocenters. The Morgan fingerprint density at radius 1 is 0.750 bits per heavy atom. The first kappa shape index (κ1) is 20.1. The smallest absolute Gasteiger partial charge is 0.229 e. The fourth-order valence-corrected chi connectivity index (χ4v) is 4.08. The molecular weight excluding hydrogens is 398 g/mol. The molecule has 3 aromatic carbocycles. The van der Waals surface area contributed by atoms with Crippen LogP contribution in [-0.2, 0) is 0 Å². The van der Waals surface area contributed by atoms with Crippen molar-refractivity contribution in [3.63, 3.8) is 0 Å². The topological polar surface area (TPSA) is 62.3 Å². The third-order valence-electron chi connectivity index (χ3n) is 5.80. The molecule has 2 heterocycles. The van der Waals surface area contributed by atoms with Gasteiger partial charge in [-0.15, -0.1) is 0 Å². The summed E-state index contributed by atoms with van der Waals surface area (Å²) in [6.45, 7) is 2.28. The van der Waals surface area contributed by atoms with Crippen molar-refractivity contribution in [3.8, 4) is 5.75 Å². The number of nitrogens with one attached hydrogen (secondary N) is 2. The molecule has 0 unspecified atom stereocenters. The number of piperidine rings is 1. The van der Waals surface area contributed by atoms with Crippen LogP contribution < -0.4 is 20.3 Å². The molecule has 32 heavy (non-hydrogen) atoms. The van der Waals surface area contributed by atoms with E-state index in [1.807, 2.05) is 48.5 Å². The van der Waals surface area contributed by atoms with Gasteiger partial charge in [-0.1, -0.05) is 12.1 Å². The Hall–Kier alpha value is -3.80. The minimum absolute atomic E-state index is 0.561. The number of rotatable bonds is 6. The maximum atomic E-state index is 5.26. The summed E-state index contributed by atoms with van der Waals surface area (Å²) in [5.74, 6) is 2.14. The highest BCUT2D eigenvalue weighted by atomic mass is 16.5. The molecule has 1 aliphatic rings. The minimum atomic E-state index is 0.561. The SMILES string of the molecule is COc1ccc(Nc2nc(Nc3ccc(N4CCCCC4)cc3)nc3ccccc23)cc1. The number of nitrogens with zero attached hydrogens (tertiary/aromatic N) is 3. The van der Waals surface area contributed by atoms with Gasteiger partial charge in [-0.3, -0.25) is 0 Å². The number of fused-ring (bicyclic) bond motifs is 1. The van der Waals surface area contributed by atoms with E-state index in [0.717, 1.165) is 46.9 Å². The largest absolute Gasteiger partial charge is 0.497 e. The van der Waals surface area contributed by atoms with Gasteiger partial charge in [0.05, 0.1) is 12.6 Å². The van der Waals surface area contributed by atoms with Crippen LogP contribution in [0.4, 0.5) is 28.8 Å². The van der Waals surface area contributed by atoms with Gasteiger partial charge in [0.15, 0.2) is 0 Å². The van der Waals surface area contributed by atoms with Gasteiger partial charge in [-0.2, -0.15) is 4.98 Å². The van der Waals surface area contributed by atoms with Crippen molar-refractivity contribution in [2.24, 2.45) is 0 Å². The van der Waals surface area contributed by atoms with E-state index in [2.05, 4.69) is 39.8 Å². The van der Waals surface area contributed by atoms with E-state index in [0.29, 0.717) is 5.95 Å². The molecular formula is C26H27N5O. The minimum Gasteiger partial charge on any atom is -0.497 e. The summed E-state index contributed by atoms with van der Waals surface area (Å²) in [5, 5.41) is 7.76. The fraction of sp³-hybridized carbons (Fsp3) is 0.231. The molecule has 0 saturated carbocycles. The number of hydrogen-bond acceptors (Lipinski definition) is 6. The normalized spacial score (nSPS) is 13.7. The highest BCUT2D eigenvalue weighted by Crippen LogP contribution is 2.28. The molecule has 1 fully saturated rings. The van der Waals surface area contributed by atoms with Crippen molar-refractivity contribution >= 4 is 39.7 Å². The average molecular weight is 426 g/mol. The van der Waals surface area contributed by atoms with Crippen LogP contribution >= 0.6 is 0 Å². The van der Waals surface area contributed by atoms with E-state index in [1.165, 1.54) is 24.9 Å². The number of ether oxygens (including phenoxy) is 1. The molecule has 0 amide bonds. The zero-order valence-electron chi connectivity index (χ0n) is 18.2. The molecule has 1 aromatic heterocycles. The van der Waals surface area contributed by atoms with Gasteiger partial charge < -0.3 is 20.3 Å². The van der Waals surface area contributed by atoms with Gasteiger partial charge in [0.2, 0.25) is 5.95 Å². The van der Waals surface area contributed by atoms with Gasteiger partial charge in [0.1, 0.15) is 11.6 Å². The predicted octanol–water partition coefficient (Wildman–Crippen LogP) is 6.12. The summed E-state index contributed by atoms with van der Waals surface area (Å²) in [6.07, 6.45) is 3.88. The second kappa shape index (κ2) is 9.14. The van der Waals surface area contributed by atoms with E-state index in [-0.39, 0.29) is 0 Å². The van der Waals surface area contributed by atoms with Crippen LogP contribution in [-0.4, -0.2) is 30.2 Å². The van der Waals surface area contributed by atoms with Crippen molar-refractivity contribution in [1.29, 1.82) is 0 Å². The van der Waals surface area contributed by atoms with E-state index in [1.54, 1.807) is 7.11 Å². The van der Waals surface area contributed by atoms with Crippen LogP contribution in [0.5, 0.6) is 5.75 Å². The Morgan fingerprint density at radius 2 is 1.44 bits per heavy atom. The first-order valence-electron chi connectivity index (χ1n) is 11.1. The van der Waals surface area contributed by atoms with Crippen LogP contribution in [0, 0.1) is 0 Å². The number of benzene rings is 3. The third-order valence-corrected chi connectivity index (χ3v) is 5.80. The Bertz CT molecular complexity index is 1190. The molecule has 6 heteroatoms. The molecule has 6 nitrogen and oxygen atoms in total. The molecule has 0 spiro atoms. The van der Waals surface area contributed by atoms with Crippen LogP contribution in [0.1, 0.15) is 19.3 Å². The molecule has 5 rings (SSSR count). The monoisotopic (exact) mass is 425 g/mol. The number of para-hydroxylation sites is 1. The molecule has 2 N–H and O–H groups in total. The van der Waals surface area contributed by atoms with Crippen LogP contribution in [0.2, 0.25) is 0 Å². The summed E-state index contributed by atoms with van der Waals surface area (Å²) < 4.78 is 5.26. The van der Waals surface area contributed by atoms with E-state index < -0.39 is 0 Å². The van der Waals surface area contributed by atoms with Crippen molar-refractivity contribution in [2.75, 3.05) is 35.7 Å². The standard InChI is InChI=1S/C26H27N5O/c1-32-22-15-11-19(12-16-22)27-25-23-7-3-4-8-24(23)29-26(30-25)28-20-9-13-21(14-10-20)31-17-5-2-6-18-31/h3-4,7-16H,2,5-6,17-18H2,1H3,(H2,27,28,29,30). The number of hydrogen-bond donors (Lipinski definition) is 2. The number of aromatic nitrogens is 2. The van der Waals surface area contributed by atoms with Gasteiger partial charge >= 0.3 is 0 Å². The fourth-order valence-electron chi connectivity index (χ4n) is 4.08. The lowest BCUT2D eigenvalue weighted by atomic mass is 10.1. The van der Waals surface area contributed by atoms with Crippen molar-refractivity contribution < 1.29 is 4.74 Å². The molecule has 0 radical (unpaired) electrons. The van der Waals surface area contributed by atoms with E-state index in [4.69, 9.17) is 14.7 Å². The van der Waals surface area contributed by atoms with Gasteiger partial charge in [0.25, 0.3) is 0 Å². The number of anilines is 5. The number of methoxy groups -OCH3 is 1. The van der Waals surface area contributed by atoms with Gasteiger partial charge in [0, 0.05) is 35.5 Å². The average Bonchev–Trinajstić information content (AvgIpc) is 2.85. The Kier molecular flexibility index (Phi) is 5.75. The highest BCUT2D eigenvalue weighted by molar-refractivity contribution is 5.92. The maximum Gasteiger partial charge on any atom is 0.229 e. The lowest BCUT2D eigenvalue weighted by molar-refractivity contribution is 0.415. The second-order valence-corrected chi connectivity index (χ2v) is 7.99. The third kappa shape index (κ3) is 4.44. The molecule has 4 aromatic rings. The van der Waals surface area contributed by atoms with E-state index >= 15 is 0 Å². The van der Waals surface area contributed by atoms with Crippen molar-refractivity contribution in [1.82, 2.24) is 9.97 Å². The molecule has 162 valence electrons. The Labute approximate surface area is 188 Å². The highest BCUT2D eigenvalue weighted by Gasteiger charge is 2.12. The quantitative estimate of drug-likeness (QED) is 0.388. The first-order chi connectivity index (χ1) is 15.8. The van der Waals surface area contributed by atoms with Gasteiger partial charge in [-0.25, -0.2) is 4.98 Å². The lowest BCUT2D eigenvalue weighted by Crippen LogP contribution is -2.29. The molecule has 1 aliphatic heterocycles. The first-order valence-corrected chi connectivity index (χ1v) is 11.1. The summed E-state index contributed by atoms with van der Waals surface area (Å²) in [7, 11) is 1.66. The summed E-state index contributed by atoms with van der Waals surface area (Å²) in [4.78, 5) is 11.9. The Balaban J connectivity index is 1.40. The zero-order valence-corrected chi connectivity index (χ0v) is 18.2. The van der Waals surface area contributed by atoms with Crippen LogP contribution in [0.3, 0.4) is 0 Å². The molecule has 1 saturated heterocycles. The van der Waals surface area contributed by atoms with Crippen LogP contribution in [0.25, 0.3) is 10.9 Å².